The zero-order chi connectivity index (χ0) is 23.0. The summed E-state index contributed by atoms with van der Waals surface area (Å²) >= 11 is 2.82. The van der Waals surface area contributed by atoms with Gasteiger partial charge in [0, 0.05) is 22.4 Å². The van der Waals surface area contributed by atoms with Gasteiger partial charge in [0.2, 0.25) is 5.91 Å². The molecule has 2 heterocycles. The minimum Gasteiger partial charge on any atom is -0.352 e. The van der Waals surface area contributed by atoms with E-state index < -0.39 is 5.41 Å². The average molecular weight is 473 g/mol. The van der Waals surface area contributed by atoms with Crippen LogP contribution in [0.2, 0.25) is 0 Å². The van der Waals surface area contributed by atoms with Gasteiger partial charge in [0.25, 0.3) is 5.56 Å². The number of hydrogen-bond donors (Lipinski definition) is 1. The largest absolute Gasteiger partial charge is 0.352 e. The Morgan fingerprint density at radius 2 is 2.06 bits per heavy atom. The first-order chi connectivity index (χ1) is 15.1. The summed E-state index contributed by atoms with van der Waals surface area (Å²) in [4.78, 5) is 39.7. The first kappa shape index (κ1) is 23.2. The maximum Gasteiger partial charge on any atom is 0.269 e. The Morgan fingerprint density at radius 3 is 2.66 bits per heavy atom. The molecular weight excluding hydrogens is 440 g/mol. The third-order valence-corrected chi connectivity index (χ3v) is 8.75. The number of nitrogens with one attached hydrogen (secondary N) is 1. The topological polar surface area (TPSA) is 68.2 Å². The standard InChI is InChI=1S/C25H32N2O3S2/c1-15(19-11-16-7-8-17(19)10-16)26-22(29)14-27-23(13-21(28)25(2,3)4)32-20(24(27)30)12-18-6-5-9-31-18/h5-6,9,12-13,15-17,19H,7-8,10-11,14H2,1-4H3,(H,26,29). The molecule has 4 rings (SSSR count). The number of thiophene rings is 1. The SMILES string of the molecule is CC(NC(=O)Cn1c(=CC(=O)C(C)(C)C)sc(=Cc2cccs2)c1=O)C1CC2CCC1C2. The van der Waals surface area contributed by atoms with Crippen molar-refractivity contribution in [2.45, 2.75) is 66.0 Å². The van der Waals surface area contributed by atoms with E-state index in [1.54, 1.807) is 11.3 Å². The summed E-state index contributed by atoms with van der Waals surface area (Å²) in [5, 5.41) is 5.10. The second-order valence-electron chi connectivity index (χ2n) is 10.3. The summed E-state index contributed by atoms with van der Waals surface area (Å²) in [7, 11) is 0. The molecule has 0 radical (unpaired) electrons. The molecule has 2 aromatic rings. The van der Waals surface area contributed by atoms with Crippen LogP contribution in [0.1, 0.15) is 58.3 Å². The van der Waals surface area contributed by atoms with Crippen LogP contribution in [0.15, 0.2) is 22.3 Å². The van der Waals surface area contributed by atoms with Gasteiger partial charge in [-0.2, -0.15) is 0 Å². The number of carbonyl (C=O) groups is 2. The predicted molar refractivity (Wildman–Crippen MR) is 131 cm³/mol. The minimum atomic E-state index is -0.555. The molecule has 4 unspecified atom stereocenters. The molecule has 1 N–H and O–H groups in total. The van der Waals surface area contributed by atoms with Crippen molar-refractivity contribution in [3.05, 3.63) is 41.9 Å². The molecule has 1 amide bonds. The van der Waals surface area contributed by atoms with E-state index in [1.807, 2.05) is 44.4 Å². The second-order valence-corrected chi connectivity index (χ2v) is 12.4. The summed E-state index contributed by atoms with van der Waals surface area (Å²) in [5.41, 5.74) is -0.778. The lowest BCUT2D eigenvalue weighted by atomic mass is 9.84. The van der Waals surface area contributed by atoms with Gasteiger partial charge in [-0.3, -0.25) is 19.0 Å². The van der Waals surface area contributed by atoms with Crippen molar-refractivity contribution in [3.63, 3.8) is 0 Å². The summed E-state index contributed by atoms with van der Waals surface area (Å²) in [6.45, 7) is 7.58. The molecule has 2 saturated carbocycles. The van der Waals surface area contributed by atoms with Gasteiger partial charge in [-0.25, -0.2) is 0 Å². The number of rotatable bonds is 6. The highest BCUT2D eigenvalue weighted by Crippen LogP contribution is 2.49. The molecule has 2 aromatic heterocycles. The Hall–Kier alpha value is -1.99. The van der Waals surface area contributed by atoms with Gasteiger partial charge in [-0.05, 0) is 61.5 Å². The number of thiazole rings is 1. The van der Waals surface area contributed by atoms with Crippen molar-refractivity contribution >= 4 is 46.5 Å². The fraction of sp³-hybridized carbons (Fsp3) is 0.560. The lowest BCUT2D eigenvalue weighted by Gasteiger charge is -2.28. The van der Waals surface area contributed by atoms with Crippen LogP contribution in [0.4, 0.5) is 0 Å². The van der Waals surface area contributed by atoms with Crippen LogP contribution >= 0.6 is 22.7 Å². The van der Waals surface area contributed by atoms with Crippen molar-refractivity contribution in [1.29, 1.82) is 0 Å². The van der Waals surface area contributed by atoms with E-state index in [9.17, 15) is 14.4 Å². The fourth-order valence-corrected chi connectivity index (χ4v) is 6.84. The van der Waals surface area contributed by atoms with Gasteiger partial charge in [0.05, 0.1) is 4.53 Å². The van der Waals surface area contributed by atoms with Crippen molar-refractivity contribution in [2.75, 3.05) is 0 Å². The molecule has 32 heavy (non-hydrogen) atoms. The molecule has 4 atom stereocenters. The molecule has 7 heteroatoms. The van der Waals surface area contributed by atoms with Gasteiger partial charge in [0.1, 0.15) is 11.2 Å². The number of ketones is 1. The summed E-state index contributed by atoms with van der Waals surface area (Å²) in [6.07, 6.45) is 8.45. The van der Waals surface area contributed by atoms with Gasteiger partial charge in [0.15, 0.2) is 5.78 Å². The summed E-state index contributed by atoms with van der Waals surface area (Å²) < 4.78 is 2.52. The van der Waals surface area contributed by atoms with Gasteiger partial charge in [-0.15, -0.1) is 22.7 Å². The van der Waals surface area contributed by atoms with E-state index in [4.69, 9.17) is 0 Å². The number of hydrogen-bond acceptors (Lipinski definition) is 5. The molecule has 0 aromatic carbocycles. The highest BCUT2D eigenvalue weighted by molar-refractivity contribution is 7.11. The number of fused-ring (bicyclic) bond motifs is 2. The molecule has 0 aliphatic heterocycles. The lowest BCUT2D eigenvalue weighted by Crippen LogP contribution is -2.44. The summed E-state index contributed by atoms with van der Waals surface area (Å²) in [6, 6.07) is 3.98. The Kier molecular flexibility index (Phi) is 6.59. The first-order valence-corrected chi connectivity index (χ1v) is 13.1. The smallest absolute Gasteiger partial charge is 0.269 e. The van der Waals surface area contributed by atoms with Crippen LogP contribution in [-0.4, -0.2) is 22.3 Å². The fourth-order valence-electron chi connectivity index (χ4n) is 5.08. The quantitative estimate of drug-likeness (QED) is 0.702. The van der Waals surface area contributed by atoms with Gasteiger partial charge >= 0.3 is 0 Å². The number of nitrogens with zero attached hydrogens (tertiary/aromatic N) is 1. The molecule has 2 bridgehead atoms. The molecule has 5 nitrogen and oxygen atoms in total. The van der Waals surface area contributed by atoms with Crippen LogP contribution in [0.5, 0.6) is 0 Å². The van der Waals surface area contributed by atoms with E-state index in [1.165, 1.54) is 47.7 Å². The van der Waals surface area contributed by atoms with Crippen LogP contribution in [0.25, 0.3) is 12.2 Å². The van der Waals surface area contributed by atoms with Gasteiger partial charge in [-0.1, -0.05) is 33.3 Å². The third-order valence-electron chi connectivity index (χ3n) is 6.87. The second kappa shape index (κ2) is 9.10. The van der Waals surface area contributed by atoms with E-state index in [0.717, 1.165) is 16.7 Å². The zero-order valence-electron chi connectivity index (χ0n) is 19.2. The molecule has 2 aliphatic rings. The van der Waals surface area contributed by atoms with Crippen molar-refractivity contribution in [2.24, 2.45) is 23.2 Å². The number of carbonyl (C=O) groups excluding carboxylic acids is 2. The van der Waals surface area contributed by atoms with Crippen molar-refractivity contribution in [3.8, 4) is 0 Å². The van der Waals surface area contributed by atoms with Gasteiger partial charge < -0.3 is 5.32 Å². The maximum atomic E-state index is 13.2. The van der Waals surface area contributed by atoms with Crippen LogP contribution < -0.4 is 20.1 Å². The number of Topliss-reactive ketones (excluding diaryl/α,β-unsaturated/α-hetero) is 1. The Morgan fingerprint density at radius 1 is 1.28 bits per heavy atom. The van der Waals surface area contributed by atoms with Crippen LogP contribution in [0, 0.1) is 23.2 Å². The Bertz CT molecular complexity index is 1170. The van der Waals surface area contributed by atoms with E-state index in [2.05, 4.69) is 12.2 Å². The number of amides is 1. The highest BCUT2D eigenvalue weighted by atomic mass is 32.1. The Labute approximate surface area is 196 Å². The highest BCUT2D eigenvalue weighted by Gasteiger charge is 2.42. The van der Waals surface area contributed by atoms with E-state index >= 15 is 0 Å². The van der Waals surface area contributed by atoms with Crippen LogP contribution in [-0.2, 0) is 16.1 Å². The minimum absolute atomic E-state index is 0.0640. The molecule has 2 aliphatic carbocycles. The Balaban J connectivity index is 1.60. The molecule has 0 spiro atoms. The van der Waals surface area contributed by atoms with Crippen molar-refractivity contribution < 1.29 is 9.59 Å². The van der Waals surface area contributed by atoms with Crippen molar-refractivity contribution in [1.82, 2.24) is 9.88 Å². The summed E-state index contributed by atoms with van der Waals surface area (Å²) in [5.74, 6) is 1.85. The lowest BCUT2D eigenvalue weighted by molar-refractivity contribution is -0.123. The predicted octanol–water partition coefficient (Wildman–Crippen LogP) is 3.14. The van der Waals surface area contributed by atoms with Crippen LogP contribution in [0.3, 0.4) is 0 Å². The monoisotopic (exact) mass is 472 g/mol. The normalized spacial score (nSPS) is 24.8. The average Bonchev–Trinajstić information content (AvgIpc) is 3.50. The molecule has 2 fully saturated rings. The zero-order valence-corrected chi connectivity index (χ0v) is 20.9. The third kappa shape index (κ3) is 4.99. The first-order valence-electron chi connectivity index (χ1n) is 11.4. The number of aromatic nitrogens is 1. The molecule has 172 valence electrons. The molecular formula is C25H32N2O3S2. The maximum absolute atomic E-state index is 13.2. The molecule has 0 saturated heterocycles. The van der Waals surface area contributed by atoms with E-state index in [-0.39, 0.29) is 29.8 Å². The van der Waals surface area contributed by atoms with E-state index in [0.29, 0.717) is 15.1 Å².